The first-order valence-corrected chi connectivity index (χ1v) is 10.0. The minimum atomic E-state index is -0.545. The number of anilines is 1. The largest absolute Gasteiger partial charge is 0.478 e. The van der Waals surface area contributed by atoms with Crippen LogP contribution in [0.4, 0.5) is 10.1 Å². The molecule has 7 nitrogen and oxygen atoms in total. The number of piperazine rings is 1. The van der Waals surface area contributed by atoms with Crippen LogP contribution in [0.5, 0.6) is 5.75 Å². The first-order chi connectivity index (χ1) is 14.1. The van der Waals surface area contributed by atoms with E-state index in [2.05, 4.69) is 27.1 Å². The van der Waals surface area contributed by atoms with Crippen LogP contribution in [0, 0.1) is 10.7 Å². The number of rotatable bonds is 6. The third-order valence-electron chi connectivity index (χ3n) is 5.02. The molecule has 1 aliphatic heterocycles. The van der Waals surface area contributed by atoms with E-state index in [9.17, 15) is 4.39 Å². The third-order valence-corrected chi connectivity index (χ3v) is 5.31. The SMILES string of the molecule is C[C@@H](Oc1ccccc1F)c1nn(C[NH+]2CCN(c3cc[nH+]cc3)CC2)c(=S)o1. The van der Waals surface area contributed by atoms with Gasteiger partial charge >= 0.3 is 0 Å². The van der Waals surface area contributed by atoms with Crippen LogP contribution in [0.2, 0.25) is 0 Å². The van der Waals surface area contributed by atoms with E-state index in [-0.39, 0.29) is 5.75 Å². The molecule has 0 spiro atoms. The number of aromatic amines is 1. The summed E-state index contributed by atoms with van der Waals surface area (Å²) in [5, 5.41) is 4.47. The lowest BCUT2D eigenvalue weighted by atomic mass is 10.3. The standard InChI is InChI=1S/C20H22FN5O2S/c1-15(27-18-5-3-2-4-17(18)21)19-23-26(20(29)28-19)14-24-10-12-25(13-11-24)16-6-8-22-9-7-16/h2-9,15H,10-14H2,1H3/p+2/t15-/m1/s1. The van der Waals surface area contributed by atoms with Crippen molar-refractivity contribution in [2.75, 3.05) is 31.1 Å². The molecule has 0 aliphatic carbocycles. The van der Waals surface area contributed by atoms with Gasteiger partial charge in [0.15, 0.2) is 36.7 Å². The molecular weight excluding hydrogens is 393 g/mol. The fraction of sp³-hybridized carbons (Fsp3) is 0.350. The van der Waals surface area contributed by atoms with Gasteiger partial charge in [0.1, 0.15) is 0 Å². The van der Waals surface area contributed by atoms with Gasteiger partial charge in [0.2, 0.25) is 0 Å². The molecule has 0 saturated carbocycles. The van der Waals surface area contributed by atoms with Crippen molar-refractivity contribution in [2.45, 2.75) is 19.7 Å². The predicted molar refractivity (Wildman–Crippen MR) is 107 cm³/mol. The Kier molecular flexibility index (Phi) is 5.86. The van der Waals surface area contributed by atoms with Crippen LogP contribution < -0.4 is 19.5 Å². The van der Waals surface area contributed by atoms with Crippen LogP contribution in [0.1, 0.15) is 18.9 Å². The van der Waals surface area contributed by atoms with Gasteiger partial charge in [0.25, 0.3) is 10.7 Å². The zero-order valence-electron chi connectivity index (χ0n) is 16.2. The summed E-state index contributed by atoms with van der Waals surface area (Å²) in [5.74, 6) is 0.0868. The average Bonchev–Trinajstić information content (AvgIpc) is 3.11. The number of ether oxygens (including phenoxy) is 1. The Bertz CT molecular complexity index is 1000. The summed E-state index contributed by atoms with van der Waals surface area (Å²) in [6, 6.07) is 10.4. The van der Waals surface area contributed by atoms with Gasteiger partial charge in [-0.1, -0.05) is 12.1 Å². The van der Waals surface area contributed by atoms with Crippen LogP contribution in [0.3, 0.4) is 0 Å². The van der Waals surface area contributed by atoms with Crippen LogP contribution >= 0.6 is 12.2 Å². The number of benzene rings is 1. The summed E-state index contributed by atoms with van der Waals surface area (Å²) in [7, 11) is 0. The highest BCUT2D eigenvalue weighted by atomic mass is 32.1. The maximum atomic E-state index is 13.8. The van der Waals surface area contributed by atoms with Crippen molar-refractivity contribution in [3.63, 3.8) is 0 Å². The number of para-hydroxylation sites is 1. The second-order valence-corrected chi connectivity index (χ2v) is 7.40. The van der Waals surface area contributed by atoms with E-state index in [4.69, 9.17) is 21.4 Å². The highest BCUT2D eigenvalue weighted by molar-refractivity contribution is 7.71. The highest BCUT2D eigenvalue weighted by Crippen LogP contribution is 2.23. The first kappa shape index (κ1) is 19.5. The zero-order valence-corrected chi connectivity index (χ0v) is 17.0. The molecule has 1 atom stereocenters. The van der Waals surface area contributed by atoms with Crippen molar-refractivity contribution in [1.82, 2.24) is 9.78 Å². The molecule has 0 unspecified atom stereocenters. The molecular formula is C20H24FN5O2S+2. The molecule has 9 heteroatoms. The van der Waals surface area contributed by atoms with Crippen LogP contribution in [-0.2, 0) is 6.67 Å². The molecule has 3 heterocycles. The number of nitrogens with zero attached hydrogens (tertiary/aromatic N) is 3. The summed E-state index contributed by atoms with van der Waals surface area (Å²) in [4.78, 5) is 7.10. The van der Waals surface area contributed by atoms with Crippen molar-refractivity contribution in [3.8, 4) is 5.75 Å². The Morgan fingerprint density at radius 2 is 1.97 bits per heavy atom. The minimum Gasteiger partial charge on any atom is -0.478 e. The van der Waals surface area contributed by atoms with Gasteiger partial charge in [-0.25, -0.2) is 9.37 Å². The van der Waals surface area contributed by atoms with E-state index < -0.39 is 11.9 Å². The molecule has 3 aromatic rings. The molecule has 1 aromatic carbocycles. The van der Waals surface area contributed by atoms with E-state index in [1.165, 1.54) is 16.7 Å². The molecule has 2 aromatic heterocycles. The third kappa shape index (κ3) is 4.63. The number of hydrogen-bond donors (Lipinski definition) is 1. The lowest BCUT2D eigenvalue weighted by molar-refractivity contribution is -0.924. The fourth-order valence-corrected chi connectivity index (χ4v) is 3.60. The topological polar surface area (TPSA) is 62.0 Å². The molecule has 1 saturated heterocycles. The van der Waals surface area contributed by atoms with Crippen LogP contribution in [0.25, 0.3) is 0 Å². The molecule has 2 N–H and O–H groups in total. The maximum absolute atomic E-state index is 13.8. The minimum absolute atomic E-state index is 0.163. The van der Waals surface area contributed by atoms with Gasteiger partial charge < -0.3 is 19.0 Å². The maximum Gasteiger partial charge on any atom is 0.292 e. The van der Waals surface area contributed by atoms with Gasteiger partial charge in [-0.2, -0.15) is 4.68 Å². The number of pyridine rings is 1. The Balaban J connectivity index is 1.36. The lowest BCUT2D eigenvalue weighted by Crippen LogP contribution is -3.14. The molecule has 0 amide bonds. The predicted octanol–water partition coefficient (Wildman–Crippen LogP) is 1.66. The summed E-state index contributed by atoms with van der Waals surface area (Å²) in [6.45, 7) is 6.27. The lowest BCUT2D eigenvalue weighted by Gasteiger charge is -2.32. The number of H-pyrrole nitrogens is 1. The molecule has 0 radical (unpaired) electrons. The Morgan fingerprint density at radius 1 is 1.24 bits per heavy atom. The number of hydrogen-bond acceptors (Lipinski definition) is 5. The van der Waals surface area contributed by atoms with E-state index in [0.29, 0.717) is 17.4 Å². The summed E-state index contributed by atoms with van der Waals surface area (Å²) < 4.78 is 26.7. The van der Waals surface area contributed by atoms with E-state index >= 15 is 0 Å². The first-order valence-electron chi connectivity index (χ1n) is 9.64. The van der Waals surface area contributed by atoms with Crippen molar-refractivity contribution in [2.24, 2.45) is 0 Å². The normalized spacial score (nSPS) is 16.0. The Labute approximate surface area is 173 Å². The van der Waals surface area contributed by atoms with Crippen molar-refractivity contribution >= 4 is 17.9 Å². The van der Waals surface area contributed by atoms with Crippen molar-refractivity contribution < 1.29 is 23.4 Å². The quantitative estimate of drug-likeness (QED) is 0.618. The number of quaternary nitrogens is 1. The van der Waals surface area contributed by atoms with Crippen molar-refractivity contribution in [1.29, 1.82) is 0 Å². The van der Waals surface area contributed by atoms with Gasteiger partial charge in [0, 0.05) is 17.8 Å². The number of nitrogens with one attached hydrogen (secondary N) is 2. The van der Waals surface area contributed by atoms with E-state index in [0.717, 1.165) is 26.2 Å². The van der Waals surface area contributed by atoms with Crippen LogP contribution in [0.15, 0.2) is 53.2 Å². The van der Waals surface area contributed by atoms with Gasteiger partial charge in [-0.15, -0.1) is 5.10 Å². The van der Waals surface area contributed by atoms with E-state index in [1.54, 1.807) is 29.8 Å². The molecule has 29 heavy (non-hydrogen) atoms. The van der Waals surface area contributed by atoms with Gasteiger partial charge in [-0.3, -0.25) is 0 Å². The summed E-state index contributed by atoms with van der Waals surface area (Å²) in [5.41, 5.74) is 1.22. The monoisotopic (exact) mass is 417 g/mol. The molecule has 152 valence electrons. The van der Waals surface area contributed by atoms with Gasteiger partial charge in [0.05, 0.1) is 26.2 Å². The molecule has 4 rings (SSSR count). The smallest absolute Gasteiger partial charge is 0.292 e. The summed E-state index contributed by atoms with van der Waals surface area (Å²) >= 11 is 5.33. The fourth-order valence-electron chi connectivity index (χ4n) is 3.41. The van der Waals surface area contributed by atoms with E-state index in [1.807, 2.05) is 12.4 Å². The molecule has 1 aliphatic rings. The number of halogens is 1. The van der Waals surface area contributed by atoms with Crippen molar-refractivity contribution in [3.05, 3.63) is 65.3 Å². The molecule has 1 fully saturated rings. The summed E-state index contributed by atoms with van der Waals surface area (Å²) in [6.07, 6.45) is 3.33. The number of aromatic nitrogens is 3. The Morgan fingerprint density at radius 3 is 2.69 bits per heavy atom. The average molecular weight is 418 g/mol. The second kappa shape index (κ2) is 8.71. The Hall–Kier alpha value is -2.78. The molecule has 0 bridgehead atoms. The second-order valence-electron chi connectivity index (χ2n) is 7.05. The zero-order chi connectivity index (χ0) is 20.2. The van der Waals surface area contributed by atoms with Gasteiger partial charge in [-0.05, 0) is 31.3 Å². The van der Waals surface area contributed by atoms with Crippen LogP contribution in [-0.4, -0.2) is 36.0 Å². The highest BCUT2D eigenvalue weighted by Gasteiger charge is 2.23.